The van der Waals surface area contributed by atoms with Crippen molar-refractivity contribution in [1.82, 2.24) is 9.97 Å². The van der Waals surface area contributed by atoms with Crippen LogP contribution in [0.4, 0.5) is 5.95 Å². The first-order valence-corrected chi connectivity index (χ1v) is 6.52. The Kier molecular flexibility index (Phi) is 2.97. The summed E-state index contributed by atoms with van der Waals surface area (Å²) < 4.78 is 10.4. The summed E-state index contributed by atoms with van der Waals surface area (Å²) in [4.78, 5) is 11.1. The van der Waals surface area contributed by atoms with Crippen molar-refractivity contribution >= 4 is 5.95 Å². The molecule has 98 valence electrons. The fourth-order valence-electron chi connectivity index (χ4n) is 3.14. The van der Waals surface area contributed by atoms with E-state index < -0.39 is 0 Å². The minimum absolute atomic E-state index is 0.564. The Morgan fingerprint density at radius 1 is 1.06 bits per heavy atom. The summed E-state index contributed by atoms with van der Waals surface area (Å²) in [6.45, 7) is 2.14. The number of methoxy groups -OCH3 is 2. The molecule has 0 bridgehead atoms. The molecule has 18 heavy (non-hydrogen) atoms. The Hall–Kier alpha value is -1.52. The van der Waals surface area contributed by atoms with Crippen molar-refractivity contribution in [3.63, 3.8) is 0 Å². The molecule has 1 saturated carbocycles. The first-order valence-electron chi connectivity index (χ1n) is 6.52. The monoisotopic (exact) mass is 249 g/mol. The van der Waals surface area contributed by atoms with Gasteiger partial charge in [0, 0.05) is 13.1 Å². The van der Waals surface area contributed by atoms with Crippen molar-refractivity contribution < 1.29 is 9.47 Å². The number of nitrogens with zero attached hydrogens (tertiary/aromatic N) is 3. The van der Waals surface area contributed by atoms with Gasteiger partial charge in [0.15, 0.2) is 0 Å². The van der Waals surface area contributed by atoms with Crippen LogP contribution in [0, 0.1) is 11.8 Å². The summed E-state index contributed by atoms with van der Waals surface area (Å²) in [5.74, 6) is 3.51. The highest BCUT2D eigenvalue weighted by atomic mass is 16.5. The van der Waals surface area contributed by atoms with Gasteiger partial charge in [0.1, 0.15) is 0 Å². The van der Waals surface area contributed by atoms with Crippen molar-refractivity contribution in [2.75, 3.05) is 32.2 Å². The van der Waals surface area contributed by atoms with Crippen LogP contribution in [0.15, 0.2) is 6.07 Å². The van der Waals surface area contributed by atoms with Crippen LogP contribution in [-0.2, 0) is 0 Å². The molecule has 0 aromatic carbocycles. The summed E-state index contributed by atoms with van der Waals surface area (Å²) >= 11 is 0. The lowest BCUT2D eigenvalue weighted by Crippen LogP contribution is -2.23. The molecule has 2 unspecified atom stereocenters. The van der Waals surface area contributed by atoms with E-state index in [1.165, 1.54) is 19.3 Å². The maximum absolute atomic E-state index is 5.19. The zero-order valence-electron chi connectivity index (χ0n) is 10.9. The Morgan fingerprint density at radius 3 is 2.11 bits per heavy atom. The molecule has 0 spiro atoms. The second kappa shape index (κ2) is 4.63. The average molecular weight is 249 g/mol. The van der Waals surface area contributed by atoms with Gasteiger partial charge in [-0.15, -0.1) is 0 Å². The molecule has 1 saturated heterocycles. The lowest BCUT2D eigenvalue weighted by Gasteiger charge is -2.18. The van der Waals surface area contributed by atoms with Crippen LogP contribution < -0.4 is 14.4 Å². The largest absolute Gasteiger partial charge is 0.481 e. The first-order chi connectivity index (χ1) is 8.80. The topological polar surface area (TPSA) is 47.5 Å². The van der Waals surface area contributed by atoms with Gasteiger partial charge in [-0.25, -0.2) is 0 Å². The quantitative estimate of drug-likeness (QED) is 0.816. The van der Waals surface area contributed by atoms with E-state index in [1.54, 1.807) is 20.3 Å². The highest BCUT2D eigenvalue weighted by Crippen LogP contribution is 2.39. The van der Waals surface area contributed by atoms with Gasteiger partial charge in [-0.05, 0) is 24.7 Å². The second-order valence-electron chi connectivity index (χ2n) is 5.11. The predicted octanol–water partition coefficient (Wildman–Crippen LogP) is 1.73. The van der Waals surface area contributed by atoms with E-state index in [4.69, 9.17) is 9.47 Å². The number of aromatic nitrogens is 2. The SMILES string of the molecule is COc1cc(OC)nc(N2CC3CCCC3C2)n1. The van der Waals surface area contributed by atoms with Gasteiger partial charge >= 0.3 is 0 Å². The van der Waals surface area contributed by atoms with Crippen molar-refractivity contribution in [1.29, 1.82) is 0 Å². The van der Waals surface area contributed by atoms with Crippen molar-refractivity contribution in [3.05, 3.63) is 6.07 Å². The van der Waals surface area contributed by atoms with Gasteiger partial charge < -0.3 is 14.4 Å². The summed E-state index contributed by atoms with van der Waals surface area (Å²) in [7, 11) is 3.23. The van der Waals surface area contributed by atoms with E-state index in [0.29, 0.717) is 11.8 Å². The number of fused-ring (bicyclic) bond motifs is 1. The molecule has 2 atom stereocenters. The standard InChI is InChI=1S/C13H19N3O2/c1-17-11-6-12(18-2)15-13(14-11)16-7-9-4-3-5-10(9)8-16/h6,9-10H,3-5,7-8H2,1-2H3. The van der Waals surface area contributed by atoms with Crippen molar-refractivity contribution in [3.8, 4) is 11.8 Å². The van der Waals surface area contributed by atoms with Crippen LogP contribution in [0.2, 0.25) is 0 Å². The first kappa shape index (κ1) is 11.6. The highest BCUT2D eigenvalue weighted by molar-refractivity contribution is 5.38. The summed E-state index contributed by atoms with van der Waals surface area (Å²) in [6.07, 6.45) is 4.08. The molecule has 5 nitrogen and oxygen atoms in total. The summed E-state index contributed by atoms with van der Waals surface area (Å²) in [5, 5.41) is 0. The maximum Gasteiger partial charge on any atom is 0.231 e. The van der Waals surface area contributed by atoms with E-state index >= 15 is 0 Å². The molecular weight excluding hydrogens is 230 g/mol. The Labute approximate surface area is 107 Å². The van der Waals surface area contributed by atoms with Gasteiger partial charge in [-0.1, -0.05) is 6.42 Å². The van der Waals surface area contributed by atoms with E-state index in [-0.39, 0.29) is 0 Å². The second-order valence-corrected chi connectivity index (χ2v) is 5.11. The van der Waals surface area contributed by atoms with Gasteiger partial charge in [0.2, 0.25) is 17.7 Å². The van der Waals surface area contributed by atoms with Crippen LogP contribution in [0.5, 0.6) is 11.8 Å². The molecule has 2 heterocycles. The smallest absolute Gasteiger partial charge is 0.231 e. The molecule has 1 aliphatic heterocycles. The molecule has 2 fully saturated rings. The summed E-state index contributed by atoms with van der Waals surface area (Å²) in [5.41, 5.74) is 0. The Morgan fingerprint density at radius 2 is 1.61 bits per heavy atom. The number of anilines is 1. The molecule has 1 aromatic rings. The Bertz CT molecular complexity index is 404. The van der Waals surface area contributed by atoms with Gasteiger partial charge in [-0.3, -0.25) is 0 Å². The molecule has 0 radical (unpaired) electrons. The van der Waals surface area contributed by atoms with E-state index in [0.717, 1.165) is 30.9 Å². The highest BCUT2D eigenvalue weighted by Gasteiger charge is 2.37. The maximum atomic E-state index is 5.19. The molecule has 3 rings (SSSR count). The number of rotatable bonds is 3. The van der Waals surface area contributed by atoms with Gasteiger partial charge in [0.05, 0.1) is 20.3 Å². The minimum atomic E-state index is 0.564. The van der Waals surface area contributed by atoms with Crippen LogP contribution in [-0.4, -0.2) is 37.3 Å². The third-order valence-corrected chi connectivity index (χ3v) is 4.09. The zero-order valence-corrected chi connectivity index (χ0v) is 10.9. The third-order valence-electron chi connectivity index (χ3n) is 4.09. The molecule has 1 aromatic heterocycles. The molecule has 0 amide bonds. The lowest BCUT2D eigenvalue weighted by molar-refractivity contribution is 0.371. The minimum Gasteiger partial charge on any atom is -0.481 e. The third kappa shape index (κ3) is 1.98. The van der Waals surface area contributed by atoms with Crippen LogP contribution in [0.3, 0.4) is 0 Å². The number of ether oxygens (including phenoxy) is 2. The van der Waals surface area contributed by atoms with Crippen LogP contribution in [0.25, 0.3) is 0 Å². The van der Waals surface area contributed by atoms with Crippen LogP contribution >= 0.6 is 0 Å². The number of hydrogen-bond acceptors (Lipinski definition) is 5. The fourth-order valence-corrected chi connectivity index (χ4v) is 3.14. The lowest BCUT2D eigenvalue weighted by atomic mass is 10.0. The van der Waals surface area contributed by atoms with E-state index in [2.05, 4.69) is 14.9 Å². The predicted molar refractivity (Wildman–Crippen MR) is 68.2 cm³/mol. The molecule has 0 N–H and O–H groups in total. The van der Waals surface area contributed by atoms with Gasteiger partial charge in [-0.2, -0.15) is 9.97 Å². The van der Waals surface area contributed by atoms with Crippen LogP contribution in [0.1, 0.15) is 19.3 Å². The van der Waals surface area contributed by atoms with E-state index in [1.807, 2.05) is 0 Å². The molecule has 5 heteroatoms. The summed E-state index contributed by atoms with van der Waals surface area (Å²) in [6, 6.07) is 1.71. The van der Waals surface area contributed by atoms with Gasteiger partial charge in [0.25, 0.3) is 0 Å². The molecule has 2 aliphatic rings. The fraction of sp³-hybridized carbons (Fsp3) is 0.692. The van der Waals surface area contributed by atoms with Crippen molar-refractivity contribution in [2.24, 2.45) is 11.8 Å². The Balaban J connectivity index is 1.83. The average Bonchev–Trinajstić information content (AvgIpc) is 2.98. The van der Waals surface area contributed by atoms with E-state index in [9.17, 15) is 0 Å². The molecule has 1 aliphatic carbocycles. The van der Waals surface area contributed by atoms with Crippen molar-refractivity contribution in [2.45, 2.75) is 19.3 Å². The molecular formula is C13H19N3O2. The zero-order chi connectivity index (χ0) is 12.5. The number of hydrogen-bond donors (Lipinski definition) is 0. The normalized spacial score (nSPS) is 26.2.